The van der Waals surface area contributed by atoms with Crippen LogP contribution in [-0.2, 0) is 11.3 Å². The summed E-state index contributed by atoms with van der Waals surface area (Å²) in [5.74, 6) is -0.776. The average molecular weight is 387 g/mol. The lowest BCUT2D eigenvalue weighted by molar-refractivity contribution is -0.133. The first-order chi connectivity index (χ1) is 10.0. The van der Waals surface area contributed by atoms with Crippen LogP contribution in [0.4, 0.5) is 0 Å². The lowest BCUT2D eigenvalue weighted by atomic mass is 10.3. The molecule has 4 nitrogen and oxygen atoms in total. The van der Waals surface area contributed by atoms with Crippen LogP contribution in [0.5, 0.6) is 0 Å². The van der Waals surface area contributed by atoms with Gasteiger partial charge in [0.1, 0.15) is 0 Å². The van der Waals surface area contributed by atoms with Crippen molar-refractivity contribution in [2.24, 2.45) is 0 Å². The van der Waals surface area contributed by atoms with E-state index in [1.165, 1.54) is 24.6 Å². The molecule has 112 valence electrons. The van der Waals surface area contributed by atoms with Crippen molar-refractivity contribution in [3.8, 4) is 0 Å². The summed E-state index contributed by atoms with van der Waals surface area (Å²) in [5.41, 5.74) is 1.99. The van der Waals surface area contributed by atoms with Crippen LogP contribution in [0.2, 0.25) is 0 Å². The van der Waals surface area contributed by atoms with Gasteiger partial charge in [-0.1, -0.05) is 27.7 Å². The third-order valence-electron chi connectivity index (χ3n) is 3.69. The Hall–Kier alpha value is -0.660. The molecule has 1 aliphatic rings. The Labute approximate surface area is 139 Å². The number of carbonyl (C=O) groups is 1. The maximum atomic E-state index is 10.8. The first-order valence-electron chi connectivity index (χ1n) is 6.58. The monoisotopic (exact) mass is 386 g/mol. The maximum absolute atomic E-state index is 10.8. The van der Waals surface area contributed by atoms with E-state index < -0.39 is 5.97 Å². The highest BCUT2D eigenvalue weighted by Crippen LogP contribution is 2.49. The van der Waals surface area contributed by atoms with Gasteiger partial charge in [0.05, 0.1) is 16.8 Å². The minimum atomic E-state index is -0.814. The van der Waals surface area contributed by atoms with Crippen molar-refractivity contribution in [1.29, 1.82) is 0 Å². The summed E-state index contributed by atoms with van der Waals surface area (Å²) >= 11 is 6.69. The van der Waals surface area contributed by atoms with E-state index in [1.807, 2.05) is 23.9 Å². The molecule has 0 radical (unpaired) electrons. The maximum Gasteiger partial charge on any atom is 0.313 e. The second-order valence-electron chi connectivity index (χ2n) is 5.18. The topological polar surface area (TPSA) is 55.1 Å². The van der Waals surface area contributed by atoms with Crippen molar-refractivity contribution in [3.05, 3.63) is 22.7 Å². The smallest absolute Gasteiger partial charge is 0.313 e. The molecule has 1 aromatic heterocycles. The molecule has 1 heterocycles. The average Bonchev–Trinajstić information content (AvgIpc) is 3.15. The minimum Gasteiger partial charge on any atom is -0.481 e. The first-order valence-corrected chi connectivity index (χ1v) is 9.59. The van der Waals surface area contributed by atoms with Gasteiger partial charge in [-0.3, -0.25) is 4.79 Å². The van der Waals surface area contributed by atoms with Crippen LogP contribution in [0.15, 0.2) is 27.8 Å². The van der Waals surface area contributed by atoms with E-state index in [1.54, 1.807) is 0 Å². The third-order valence-corrected chi connectivity index (χ3v) is 6.54. The number of benzene rings is 1. The first kappa shape index (κ1) is 15.2. The SMILES string of the molecule is CSC1(Cn2c(SCC(=O)O)nc3ccc(Br)cc32)CC1. The molecule has 1 fully saturated rings. The highest BCUT2D eigenvalue weighted by Gasteiger charge is 2.42. The Bertz CT molecular complexity index is 698. The number of thioether (sulfide) groups is 2. The molecular formula is C14H15BrN2O2S2. The number of hydrogen-bond donors (Lipinski definition) is 1. The van der Waals surface area contributed by atoms with Crippen molar-refractivity contribution in [2.45, 2.75) is 29.3 Å². The molecule has 3 rings (SSSR count). The number of nitrogens with zero attached hydrogens (tertiary/aromatic N) is 2. The van der Waals surface area contributed by atoms with Crippen molar-refractivity contribution >= 4 is 56.5 Å². The summed E-state index contributed by atoms with van der Waals surface area (Å²) in [7, 11) is 0. The zero-order valence-corrected chi connectivity index (χ0v) is 14.7. The fourth-order valence-electron chi connectivity index (χ4n) is 2.32. The minimum absolute atomic E-state index is 0.0385. The number of carboxylic acid groups (broad SMARTS) is 1. The van der Waals surface area contributed by atoms with E-state index >= 15 is 0 Å². The van der Waals surface area contributed by atoms with Gasteiger partial charge >= 0.3 is 5.97 Å². The Morgan fingerprint density at radius 2 is 2.29 bits per heavy atom. The molecule has 1 aromatic carbocycles. The molecule has 1 aliphatic carbocycles. The van der Waals surface area contributed by atoms with Crippen LogP contribution in [0.25, 0.3) is 11.0 Å². The molecule has 0 unspecified atom stereocenters. The number of carboxylic acids is 1. The summed E-state index contributed by atoms with van der Waals surface area (Å²) in [6, 6.07) is 6.00. The predicted molar refractivity (Wildman–Crippen MR) is 91.3 cm³/mol. The zero-order chi connectivity index (χ0) is 15.0. The molecule has 0 spiro atoms. The van der Waals surface area contributed by atoms with Gasteiger partial charge in [0.15, 0.2) is 5.16 Å². The lowest BCUT2D eigenvalue weighted by Crippen LogP contribution is -2.15. The fraction of sp³-hybridized carbons (Fsp3) is 0.429. The molecule has 2 aromatic rings. The number of rotatable bonds is 6. The summed E-state index contributed by atoms with van der Waals surface area (Å²) in [5, 5.41) is 9.70. The van der Waals surface area contributed by atoms with E-state index in [2.05, 4.69) is 37.8 Å². The van der Waals surface area contributed by atoms with Crippen LogP contribution in [0.1, 0.15) is 12.8 Å². The van der Waals surface area contributed by atoms with Gasteiger partial charge < -0.3 is 9.67 Å². The molecule has 0 bridgehead atoms. The Balaban J connectivity index is 2.01. The van der Waals surface area contributed by atoms with Gasteiger partial charge in [-0.25, -0.2) is 4.98 Å². The Morgan fingerprint density at radius 1 is 1.52 bits per heavy atom. The van der Waals surface area contributed by atoms with Gasteiger partial charge in [0, 0.05) is 15.8 Å². The molecule has 1 N–H and O–H groups in total. The quantitative estimate of drug-likeness (QED) is 0.763. The molecule has 0 aliphatic heterocycles. The summed E-state index contributed by atoms with van der Waals surface area (Å²) in [6.45, 7) is 0.892. The molecule has 1 saturated carbocycles. The number of aromatic nitrogens is 2. The summed E-state index contributed by atoms with van der Waals surface area (Å²) in [4.78, 5) is 15.4. The van der Waals surface area contributed by atoms with Crippen LogP contribution < -0.4 is 0 Å². The van der Waals surface area contributed by atoms with Crippen molar-refractivity contribution < 1.29 is 9.90 Å². The van der Waals surface area contributed by atoms with E-state index in [0.717, 1.165) is 27.2 Å². The largest absolute Gasteiger partial charge is 0.481 e. The molecule has 7 heteroatoms. The number of hydrogen-bond acceptors (Lipinski definition) is 4. The Morgan fingerprint density at radius 3 is 2.90 bits per heavy atom. The fourth-order valence-corrected chi connectivity index (χ4v) is 4.17. The van der Waals surface area contributed by atoms with Gasteiger partial charge in [0.25, 0.3) is 0 Å². The predicted octanol–water partition coefficient (Wildman–Crippen LogP) is 3.87. The van der Waals surface area contributed by atoms with E-state index in [4.69, 9.17) is 5.11 Å². The number of halogens is 1. The highest BCUT2D eigenvalue weighted by molar-refractivity contribution is 9.10. The normalized spacial score (nSPS) is 16.3. The molecule has 0 atom stereocenters. The van der Waals surface area contributed by atoms with Crippen molar-refractivity contribution in [3.63, 3.8) is 0 Å². The van der Waals surface area contributed by atoms with Gasteiger partial charge in [-0.05, 0) is 37.3 Å². The second-order valence-corrected chi connectivity index (χ2v) is 8.32. The van der Waals surface area contributed by atoms with Crippen molar-refractivity contribution in [2.75, 3.05) is 12.0 Å². The zero-order valence-electron chi connectivity index (χ0n) is 11.5. The van der Waals surface area contributed by atoms with Crippen LogP contribution >= 0.6 is 39.5 Å². The lowest BCUT2D eigenvalue weighted by Gasteiger charge is -2.15. The summed E-state index contributed by atoms with van der Waals surface area (Å²) < 4.78 is 3.49. The van der Waals surface area contributed by atoms with Crippen LogP contribution in [-0.4, -0.2) is 37.4 Å². The van der Waals surface area contributed by atoms with E-state index in [-0.39, 0.29) is 5.75 Å². The number of imidazole rings is 1. The van der Waals surface area contributed by atoms with E-state index in [0.29, 0.717) is 4.75 Å². The van der Waals surface area contributed by atoms with Gasteiger partial charge in [0.2, 0.25) is 0 Å². The van der Waals surface area contributed by atoms with Gasteiger partial charge in [-0.15, -0.1) is 0 Å². The third kappa shape index (κ3) is 3.24. The highest BCUT2D eigenvalue weighted by atomic mass is 79.9. The van der Waals surface area contributed by atoms with Crippen LogP contribution in [0.3, 0.4) is 0 Å². The molecule has 0 amide bonds. The molecule has 0 saturated heterocycles. The molecular weight excluding hydrogens is 372 g/mol. The van der Waals surface area contributed by atoms with E-state index in [9.17, 15) is 4.79 Å². The standard InChI is InChI=1S/C14H15BrN2O2S2/c1-20-14(4-5-14)8-17-11-6-9(15)2-3-10(11)16-13(17)21-7-12(18)19/h2-3,6H,4-5,7-8H2,1H3,(H,18,19). The van der Waals surface area contributed by atoms with Crippen LogP contribution in [0, 0.1) is 0 Å². The summed E-state index contributed by atoms with van der Waals surface area (Å²) in [6.07, 6.45) is 4.57. The number of fused-ring (bicyclic) bond motifs is 1. The Kier molecular flexibility index (Phi) is 4.25. The van der Waals surface area contributed by atoms with Gasteiger partial charge in [-0.2, -0.15) is 11.8 Å². The number of aliphatic carboxylic acids is 1. The van der Waals surface area contributed by atoms with Crippen molar-refractivity contribution in [1.82, 2.24) is 9.55 Å². The molecule has 21 heavy (non-hydrogen) atoms. The second kappa shape index (κ2) is 5.85.